The van der Waals surface area contributed by atoms with Gasteiger partial charge in [0.05, 0.1) is 6.61 Å². The number of hydrogen-bond donors (Lipinski definition) is 2. The SMILES string of the molecule is CCCNC(CO)CCN(CC)CCCN(CC)CC. The second kappa shape index (κ2) is 13.8. The van der Waals surface area contributed by atoms with Crippen LogP contribution in [0.3, 0.4) is 0 Å². The second-order valence-corrected chi connectivity index (χ2v) is 5.44. The van der Waals surface area contributed by atoms with Gasteiger partial charge in [0.15, 0.2) is 0 Å². The minimum atomic E-state index is 0.247. The molecular formula is C16H37N3O. The third-order valence-corrected chi connectivity index (χ3v) is 3.99. The van der Waals surface area contributed by atoms with Crippen LogP contribution in [0.5, 0.6) is 0 Å². The van der Waals surface area contributed by atoms with E-state index >= 15 is 0 Å². The molecule has 0 saturated carbocycles. The highest BCUT2D eigenvalue weighted by atomic mass is 16.3. The summed E-state index contributed by atoms with van der Waals surface area (Å²) in [4.78, 5) is 4.98. The van der Waals surface area contributed by atoms with Gasteiger partial charge < -0.3 is 20.2 Å². The summed E-state index contributed by atoms with van der Waals surface area (Å²) < 4.78 is 0. The fourth-order valence-corrected chi connectivity index (χ4v) is 2.43. The van der Waals surface area contributed by atoms with Crippen molar-refractivity contribution >= 4 is 0 Å². The van der Waals surface area contributed by atoms with E-state index in [1.165, 1.54) is 19.5 Å². The summed E-state index contributed by atoms with van der Waals surface area (Å²) in [5.41, 5.74) is 0. The van der Waals surface area contributed by atoms with Crippen molar-refractivity contribution in [3.63, 3.8) is 0 Å². The lowest BCUT2D eigenvalue weighted by Crippen LogP contribution is -2.38. The molecule has 0 aromatic rings. The van der Waals surface area contributed by atoms with Gasteiger partial charge in [-0.3, -0.25) is 0 Å². The van der Waals surface area contributed by atoms with Gasteiger partial charge in [-0.25, -0.2) is 0 Å². The maximum Gasteiger partial charge on any atom is 0.0585 e. The molecule has 0 aliphatic heterocycles. The number of aliphatic hydroxyl groups is 1. The van der Waals surface area contributed by atoms with E-state index in [9.17, 15) is 5.11 Å². The zero-order valence-electron chi connectivity index (χ0n) is 14.2. The summed E-state index contributed by atoms with van der Waals surface area (Å²) in [6.07, 6.45) is 3.40. The average molecular weight is 287 g/mol. The molecule has 0 aromatic heterocycles. The summed E-state index contributed by atoms with van der Waals surface area (Å²) in [5.74, 6) is 0. The van der Waals surface area contributed by atoms with Gasteiger partial charge in [-0.2, -0.15) is 0 Å². The van der Waals surface area contributed by atoms with Crippen molar-refractivity contribution in [1.82, 2.24) is 15.1 Å². The number of nitrogens with one attached hydrogen (secondary N) is 1. The van der Waals surface area contributed by atoms with Crippen molar-refractivity contribution in [3.05, 3.63) is 0 Å². The van der Waals surface area contributed by atoms with Crippen LogP contribution in [0.15, 0.2) is 0 Å². The monoisotopic (exact) mass is 287 g/mol. The van der Waals surface area contributed by atoms with E-state index in [0.717, 1.165) is 45.6 Å². The van der Waals surface area contributed by atoms with Gasteiger partial charge in [-0.15, -0.1) is 0 Å². The largest absolute Gasteiger partial charge is 0.395 e. The Bertz CT molecular complexity index is 198. The molecule has 4 nitrogen and oxygen atoms in total. The van der Waals surface area contributed by atoms with Gasteiger partial charge >= 0.3 is 0 Å². The molecule has 2 N–H and O–H groups in total. The molecule has 0 fully saturated rings. The molecule has 0 bridgehead atoms. The van der Waals surface area contributed by atoms with Crippen LogP contribution >= 0.6 is 0 Å². The van der Waals surface area contributed by atoms with Crippen molar-refractivity contribution in [2.24, 2.45) is 0 Å². The lowest BCUT2D eigenvalue weighted by atomic mass is 10.2. The van der Waals surface area contributed by atoms with E-state index in [1.54, 1.807) is 0 Å². The van der Waals surface area contributed by atoms with E-state index in [0.29, 0.717) is 0 Å². The molecule has 0 amide bonds. The fourth-order valence-electron chi connectivity index (χ4n) is 2.43. The van der Waals surface area contributed by atoms with Crippen LogP contribution in [0.25, 0.3) is 0 Å². The highest BCUT2D eigenvalue weighted by Gasteiger charge is 2.09. The molecule has 122 valence electrons. The Hall–Kier alpha value is -0.160. The van der Waals surface area contributed by atoms with Crippen LogP contribution in [-0.4, -0.2) is 73.4 Å². The summed E-state index contributed by atoms with van der Waals surface area (Å²) in [6.45, 7) is 16.9. The molecule has 0 aliphatic carbocycles. The Labute approximate surface area is 126 Å². The molecule has 0 spiro atoms. The Morgan fingerprint density at radius 1 is 0.900 bits per heavy atom. The normalized spacial score (nSPS) is 13.3. The Balaban J connectivity index is 3.84. The predicted octanol–water partition coefficient (Wildman–Crippen LogP) is 1.79. The quantitative estimate of drug-likeness (QED) is 0.511. The first-order valence-corrected chi connectivity index (χ1v) is 8.50. The lowest BCUT2D eigenvalue weighted by molar-refractivity contribution is 0.201. The zero-order chi connectivity index (χ0) is 15.2. The number of aliphatic hydroxyl groups excluding tert-OH is 1. The number of rotatable bonds is 14. The highest BCUT2D eigenvalue weighted by molar-refractivity contribution is 4.68. The standard InChI is InChI=1S/C16H37N3O/c1-5-11-17-16(15-20)10-14-19(8-4)13-9-12-18(6-2)7-3/h16-17,20H,5-15H2,1-4H3. The first-order valence-electron chi connectivity index (χ1n) is 8.50. The van der Waals surface area contributed by atoms with E-state index < -0.39 is 0 Å². The van der Waals surface area contributed by atoms with Crippen molar-refractivity contribution < 1.29 is 5.11 Å². The predicted molar refractivity (Wildman–Crippen MR) is 88.3 cm³/mol. The summed E-state index contributed by atoms with van der Waals surface area (Å²) in [5, 5.41) is 12.8. The third kappa shape index (κ3) is 9.70. The zero-order valence-corrected chi connectivity index (χ0v) is 14.2. The van der Waals surface area contributed by atoms with Crippen LogP contribution in [-0.2, 0) is 0 Å². The molecule has 1 atom stereocenters. The van der Waals surface area contributed by atoms with Gasteiger partial charge in [0, 0.05) is 6.04 Å². The summed E-state index contributed by atoms with van der Waals surface area (Å²) in [7, 11) is 0. The van der Waals surface area contributed by atoms with Crippen LogP contribution < -0.4 is 5.32 Å². The first kappa shape index (κ1) is 19.8. The van der Waals surface area contributed by atoms with E-state index in [4.69, 9.17) is 0 Å². The van der Waals surface area contributed by atoms with Crippen molar-refractivity contribution in [1.29, 1.82) is 0 Å². The maximum absolute atomic E-state index is 9.36. The molecule has 4 heteroatoms. The van der Waals surface area contributed by atoms with E-state index in [1.807, 2.05) is 0 Å². The summed E-state index contributed by atoms with van der Waals surface area (Å²) in [6, 6.07) is 0.256. The van der Waals surface area contributed by atoms with Crippen molar-refractivity contribution in [2.45, 2.75) is 53.0 Å². The molecule has 20 heavy (non-hydrogen) atoms. The van der Waals surface area contributed by atoms with E-state index in [-0.39, 0.29) is 12.6 Å². The Morgan fingerprint density at radius 3 is 2.00 bits per heavy atom. The third-order valence-electron chi connectivity index (χ3n) is 3.99. The maximum atomic E-state index is 9.36. The first-order chi connectivity index (χ1) is 9.71. The molecule has 0 rings (SSSR count). The van der Waals surface area contributed by atoms with Crippen LogP contribution in [0, 0.1) is 0 Å². The van der Waals surface area contributed by atoms with Gasteiger partial charge in [-0.1, -0.05) is 27.7 Å². The fraction of sp³-hybridized carbons (Fsp3) is 1.00. The molecule has 0 aliphatic rings. The molecule has 0 aromatic carbocycles. The highest BCUT2D eigenvalue weighted by Crippen LogP contribution is 2.00. The van der Waals surface area contributed by atoms with Crippen LogP contribution in [0.2, 0.25) is 0 Å². The minimum Gasteiger partial charge on any atom is -0.395 e. The number of nitrogens with zero attached hydrogens (tertiary/aromatic N) is 2. The van der Waals surface area contributed by atoms with Crippen LogP contribution in [0.1, 0.15) is 47.0 Å². The van der Waals surface area contributed by atoms with Gasteiger partial charge in [0.2, 0.25) is 0 Å². The van der Waals surface area contributed by atoms with Gasteiger partial charge in [0.25, 0.3) is 0 Å². The van der Waals surface area contributed by atoms with Gasteiger partial charge in [-0.05, 0) is 65.1 Å². The average Bonchev–Trinajstić information content (AvgIpc) is 2.49. The molecule has 1 unspecified atom stereocenters. The summed E-state index contributed by atoms with van der Waals surface area (Å²) >= 11 is 0. The topological polar surface area (TPSA) is 38.7 Å². The van der Waals surface area contributed by atoms with Crippen molar-refractivity contribution in [2.75, 3.05) is 52.4 Å². The van der Waals surface area contributed by atoms with Crippen LogP contribution in [0.4, 0.5) is 0 Å². The lowest BCUT2D eigenvalue weighted by Gasteiger charge is -2.25. The second-order valence-electron chi connectivity index (χ2n) is 5.44. The smallest absolute Gasteiger partial charge is 0.0585 e. The van der Waals surface area contributed by atoms with Crippen molar-refractivity contribution in [3.8, 4) is 0 Å². The molecule has 0 saturated heterocycles. The van der Waals surface area contributed by atoms with E-state index in [2.05, 4.69) is 42.8 Å². The minimum absolute atomic E-state index is 0.247. The van der Waals surface area contributed by atoms with Gasteiger partial charge in [0.1, 0.15) is 0 Å². The number of hydrogen-bond acceptors (Lipinski definition) is 4. The molecule has 0 heterocycles. The Morgan fingerprint density at radius 2 is 1.50 bits per heavy atom. The molecular weight excluding hydrogens is 250 g/mol. The Kier molecular flexibility index (Phi) is 13.7. The molecule has 0 radical (unpaired) electrons.